The van der Waals surface area contributed by atoms with Crippen LogP contribution >= 0.6 is 0 Å². The second-order valence-electron chi connectivity index (χ2n) is 3.04. The molecule has 0 radical (unpaired) electrons. The van der Waals surface area contributed by atoms with Crippen molar-refractivity contribution in [3.05, 3.63) is 0 Å². The molecule has 5 nitrogen and oxygen atoms in total. The molecule has 0 saturated carbocycles. The van der Waals surface area contributed by atoms with E-state index in [1.165, 1.54) is 4.31 Å². The van der Waals surface area contributed by atoms with Crippen molar-refractivity contribution in [2.24, 2.45) is 5.73 Å². The van der Waals surface area contributed by atoms with Crippen molar-refractivity contribution in [2.75, 3.05) is 26.2 Å². The van der Waals surface area contributed by atoms with Gasteiger partial charge in [-0.15, -0.1) is 0 Å². The Labute approximate surface area is 86.8 Å². The zero-order chi connectivity index (χ0) is 11.0. The molecule has 6 heteroatoms. The van der Waals surface area contributed by atoms with E-state index >= 15 is 0 Å². The van der Waals surface area contributed by atoms with Gasteiger partial charge in [0.25, 0.3) is 10.2 Å². The van der Waals surface area contributed by atoms with Crippen LogP contribution in [0.3, 0.4) is 0 Å². The third kappa shape index (κ3) is 4.90. The zero-order valence-corrected chi connectivity index (χ0v) is 9.81. The second-order valence-corrected chi connectivity index (χ2v) is 4.80. The predicted molar refractivity (Wildman–Crippen MR) is 58.1 cm³/mol. The van der Waals surface area contributed by atoms with Gasteiger partial charge in [-0.1, -0.05) is 13.8 Å². The van der Waals surface area contributed by atoms with Gasteiger partial charge in [0.15, 0.2) is 0 Å². The molecule has 0 aliphatic rings. The lowest BCUT2D eigenvalue weighted by molar-refractivity contribution is 0.399. The second kappa shape index (κ2) is 7.17. The summed E-state index contributed by atoms with van der Waals surface area (Å²) in [4.78, 5) is 0. The van der Waals surface area contributed by atoms with Gasteiger partial charge >= 0.3 is 0 Å². The van der Waals surface area contributed by atoms with E-state index in [2.05, 4.69) is 4.72 Å². The Kier molecular flexibility index (Phi) is 7.08. The van der Waals surface area contributed by atoms with Crippen LogP contribution in [0.15, 0.2) is 0 Å². The highest BCUT2D eigenvalue weighted by molar-refractivity contribution is 7.87. The Morgan fingerprint density at radius 2 is 1.93 bits per heavy atom. The Balaban J connectivity index is 4.30. The molecule has 0 atom stereocenters. The molecular formula is C8H21N3O2S. The highest BCUT2D eigenvalue weighted by atomic mass is 32.2. The van der Waals surface area contributed by atoms with E-state index in [-0.39, 0.29) is 0 Å². The van der Waals surface area contributed by atoms with Gasteiger partial charge in [0.2, 0.25) is 0 Å². The third-order valence-electron chi connectivity index (χ3n) is 1.75. The molecule has 0 fully saturated rings. The Hall–Kier alpha value is -0.170. The minimum atomic E-state index is -3.28. The number of hydrogen-bond acceptors (Lipinski definition) is 3. The molecule has 0 aliphatic heterocycles. The first-order valence-electron chi connectivity index (χ1n) is 5.03. The Morgan fingerprint density at radius 3 is 2.36 bits per heavy atom. The summed E-state index contributed by atoms with van der Waals surface area (Å²) in [6, 6.07) is 0. The van der Waals surface area contributed by atoms with Crippen molar-refractivity contribution in [1.82, 2.24) is 9.03 Å². The Morgan fingerprint density at radius 1 is 1.29 bits per heavy atom. The van der Waals surface area contributed by atoms with Crippen molar-refractivity contribution in [3.8, 4) is 0 Å². The van der Waals surface area contributed by atoms with Crippen LogP contribution in [0.5, 0.6) is 0 Å². The summed E-state index contributed by atoms with van der Waals surface area (Å²) in [6.45, 7) is 5.71. The third-order valence-corrected chi connectivity index (χ3v) is 3.45. The SMILES string of the molecule is CCCN(CCCN)S(=O)(=O)NCC. The number of nitrogens with two attached hydrogens (primary N) is 1. The minimum Gasteiger partial charge on any atom is -0.330 e. The van der Waals surface area contributed by atoms with Crippen molar-refractivity contribution < 1.29 is 8.42 Å². The lowest BCUT2D eigenvalue weighted by Crippen LogP contribution is -2.42. The van der Waals surface area contributed by atoms with E-state index in [4.69, 9.17) is 5.73 Å². The molecule has 0 heterocycles. The molecule has 0 aliphatic carbocycles. The summed E-state index contributed by atoms with van der Waals surface area (Å²) in [5.74, 6) is 0. The van der Waals surface area contributed by atoms with E-state index in [1.54, 1.807) is 6.92 Å². The average molecular weight is 223 g/mol. The number of hydrogen-bond donors (Lipinski definition) is 2. The van der Waals surface area contributed by atoms with Gasteiger partial charge in [0, 0.05) is 19.6 Å². The lowest BCUT2D eigenvalue weighted by Gasteiger charge is -2.21. The van der Waals surface area contributed by atoms with E-state index in [0.29, 0.717) is 32.6 Å². The molecule has 0 unspecified atom stereocenters. The molecule has 14 heavy (non-hydrogen) atoms. The van der Waals surface area contributed by atoms with Crippen molar-refractivity contribution >= 4 is 10.2 Å². The molecule has 0 spiro atoms. The van der Waals surface area contributed by atoms with Crippen molar-refractivity contribution in [1.29, 1.82) is 0 Å². The first-order valence-corrected chi connectivity index (χ1v) is 6.47. The fourth-order valence-corrected chi connectivity index (χ4v) is 2.48. The maximum absolute atomic E-state index is 11.6. The van der Waals surface area contributed by atoms with E-state index < -0.39 is 10.2 Å². The first kappa shape index (κ1) is 13.8. The molecule has 3 N–H and O–H groups in total. The molecule has 0 aromatic heterocycles. The van der Waals surface area contributed by atoms with E-state index in [0.717, 1.165) is 6.42 Å². The maximum atomic E-state index is 11.6. The molecule has 0 amide bonds. The van der Waals surface area contributed by atoms with Crippen LogP contribution in [0.2, 0.25) is 0 Å². The van der Waals surface area contributed by atoms with Crippen LogP contribution in [0.4, 0.5) is 0 Å². The van der Waals surface area contributed by atoms with Crippen LogP contribution in [0.1, 0.15) is 26.7 Å². The minimum absolute atomic E-state index is 0.422. The lowest BCUT2D eigenvalue weighted by atomic mass is 10.4. The molecule has 0 bridgehead atoms. The first-order chi connectivity index (χ1) is 6.58. The molecule has 0 aromatic rings. The van der Waals surface area contributed by atoms with E-state index in [9.17, 15) is 8.42 Å². The Bertz CT molecular complexity index is 229. The van der Waals surface area contributed by atoms with Gasteiger partial charge in [-0.05, 0) is 19.4 Å². The smallest absolute Gasteiger partial charge is 0.279 e. The molecule has 0 saturated heterocycles. The number of nitrogens with zero attached hydrogens (tertiary/aromatic N) is 1. The van der Waals surface area contributed by atoms with Crippen LogP contribution in [-0.4, -0.2) is 38.9 Å². The van der Waals surface area contributed by atoms with Crippen LogP contribution in [0, 0.1) is 0 Å². The topological polar surface area (TPSA) is 75.4 Å². The summed E-state index contributed by atoms with van der Waals surface area (Å²) in [5, 5.41) is 0. The van der Waals surface area contributed by atoms with Gasteiger partial charge in [-0.3, -0.25) is 0 Å². The number of rotatable bonds is 8. The summed E-state index contributed by atoms with van der Waals surface area (Å²) >= 11 is 0. The summed E-state index contributed by atoms with van der Waals surface area (Å²) < 4.78 is 27.1. The van der Waals surface area contributed by atoms with Crippen molar-refractivity contribution in [3.63, 3.8) is 0 Å². The summed E-state index contributed by atoms with van der Waals surface area (Å²) in [7, 11) is -3.28. The predicted octanol–water partition coefficient (Wildman–Crippen LogP) is -0.0985. The molecular weight excluding hydrogens is 202 g/mol. The maximum Gasteiger partial charge on any atom is 0.279 e. The number of nitrogens with one attached hydrogen (secondary N) is 1. The van der Waals surface area contributed by atoms with E-state index in [1.807, 2.05) is 6.92 Å². The van der Waals surface area contributed by atoms with Gasteiger partial charge < -0.3 is 5.73 Å². The molecule has 86 valence electrons. The van der Waals surface area contributed by atoms with Gasteiger partial charge in [-0.25, -0.2) is 4.72 Å². The van der Waals surface area contributed by atoms with Gasteiger partial charge in [0.1, 0.15) is 0 Å². The van der Waals surface area contributed by atoms with Crippen LogP contribution in [0.25, 0.3) is 0 Å². The highest BCUT2D eigenvalue weighted by Gasteiger charge is 2.18. The fraction of sp³-hybridized carbons (Fsp3) is 1.00. The molecule has 0 rings (SSSR count). The summed E-state index contributed by atoms with van der Waals surface area (Å²) in [5.41, 5.74) is 5.35. The molecule has 0 aromatic carbocycles. The van der Waals surface area contributed by atoms with Crippen LogP contribution in [-0.2, 0) is 10.2 Å². The van der Waals surface area contributed by atoms with Crippen molar-refractivity contribution in [2.45, 2.75) is 26.7 Å². The van der Waals surface area contributed by atoms with Gasteiger partial charge in [0.05, 0.1) is 0 Å². The largest absolute Gasteiger partial charge is 0.330 e. The zero-order valence-electron chi connectivity index (χ0n) is 8.99. The summed E-state index contributed by atoms with van der Waals surface area (Å²) in [6.07, 6.45) is 1.51. The average Bonchev–Trinajstić information content (AvgIpc) is 2.11. The normalized spacial score (nSPS) is 12.3. The monoisotopic (exact) mass is 223 g/mol. The van der Waals surface area contributed by atoms with Gasteiger partial charge in [-0.2, -0.15) is 12.7 Å². The standard InChI is InChI=1S/C8H21N3O2S/c1-3-7-11(8-5-6-9)14(12,13)10-4-2/h10H,3-9H2,1-2H3. The van der Waals surface area contributed by atoms with Crippen LogP contribution < -0.4 is 10.5 Å². The fourth-order valence-electron chi connectivity index (χ4n) is 1.14. The highest BCUT2D eigenvalue weighted by Crippen LogP contribution is 2.00. The quantitative estimate of drug-likeness (QED) is 0.603.